The Morgan fingerprint density at radius 1 is 1.29 bits per heavy atom. The Morgan fingerprint density at radius 2 is 1.97 bits per heavy atom. The quantitative estimate of drug-likeness (QED) is 0.500. The van der Waals surface area contributed by atoms with Gasteiger partial charge in [-0.05, 0) is 40.2 Å². The number of nitrogens with zero attached hydrogens (tertiary/aromatic N) is 3. The number of aryl methyl sites for hydroxylation is 1. The largest absolute Gasteiger partial charge is 0.476 e. The first-order valence-electron chi connectivity index (χ1n) is 8.54. The lowest BCUT2D eigenvalue weighted by Gasteiger charge is -2.17. The molecule has 0 aliphatic carbocycles. The van der Waals surface area contributed by atoms with Crippen LogP contribution in [0.25, 0.3) is 0 Å². The summed E-state index contributed by atoms with van der Waals surface area (Å²) < 4.78 is 43.8. The van der Waals surface area contributed by atoms with E-state index in [9.17, 15) is 32.9 Å². The first-order chi connectivity index (χ1) is 14.4. The highest BCUT2D eigenvalue weighted by Gasteiger charge is 2.33. The Kier molecular flexibility index (Phi) is 7.39. The maximum atomic E-state index is 12.9. The number of halogens is 4. The van der Waals surface area contributed by atoms with Crippen LogP contribution in [0.15, 0.2) is 30.3 Å². The van der Waals surface area contributed by atoms with Gasteiger partial charge in [0.05, 0.1) is 17.1 Å². The molecular formula is C18H16ClF3N4O5. The number of aromatic nitrogens is 1. The van der Waals surface area contributed by atoms with E-state index in [4.69, 9.17) is 16.3 Å². The molecule has 0 aliphatic heterocycles. The highest BCUT2D eigenvalue weighted by molar-refractivity contribution is 6.31. The van der Waals surface area contributed by atoms with Crippen molar-refractivity contribution in [1.82, 2.24) is 9.88 Å². The summed E-state index contributed by atoms with van der Waals surface area (Å²) in [7, 11) is 1.26. The number of anilines is 1. The van der Waals surface area contributed by atoms with E-state index in [0.717, 1.165) is 11.0 Å². The third-order valence-electron chi connectivity index (χ3n) is 3.86. The van der Waals surface area contributed by atoms with Gasteiger partial charge in [0.1, 0.15) is 5.69 Å². The molecule has 0 radical (unpaired) electrons. The van der Waals surface area contributed by atoms with E-state index in [0.29, 0.717) is 11.8 Å². The number of nitro groups is 1. The number of carbonyl (C=O) groups excluding carboxylic acids is 2. The molecule has 0 atom stereocenters. The van der Waals surface area contributed by atoms with Crippen molar-refractivity contribution in [1.29, 1.82) is 0 Å². The molecule has 9 nitrogen and oxygen atoms in total. The molecule has 31 heavy (non-hydrogen) atoms. The van der Waals surface area contributed by atoms with Crippen LogP contribution in [0.4, 0.5) is 24.7 Å². The number of benzene rings is 1. The summed E-state index contributed by atoms with van der Waals surface area (Å²) >= 11 is 5.52. The fourth-order valence-corrected chi connectivity index (χ4v) is 2.57. The van der Waals surface area contributed by atoms with Crippen molar-refractivity contribution >= 4 is 34.9 Å². The van der Waals surface area contributed by atoms with Crippen molar-refractivity contribution in [2.75, 3.05) is 25.5 Å². The van der Waals surface area contributed by atoms with E-state index < -0.39 is 52.5 Å². The highest BCUT2D eigenvalue weighted by Crippen LogP contribution is 2.36. The summed E-state index contributed by atoms with van der Waals surface area (Å²) in [5.41, 5.74) is -0.881. The van der Waals surface area contributed by atoms with Crippen molar-refractivity contribution in [3.8, 4) is 5.75 Å². The molecule has 2 amide bonds. The highest BCUT2D eigenvalue weighted by atomic mass is 35.5. The molecule has 0 aliphatic rings. The normalized spacial score (nSPS) is 11.0. The Balaban J connectivity index is 1.96. The zero-order chi connectivity index (χ0) is 23.3. The van der Waals surface area contributed by atoms with Gasteiger partial charge in [0, 0.05) is 19.7 Å². The fraction of sp³-hybridized carbons (Fsp3) is 0.278. The van der Waals surface area contributed by atoms with Gasteiger partial charge in [0.25, 0.3) is 5.91 Å². The smallest absolute Gasteiger partial charge is 0.417 e. The minimum absolute atomic E-state index is 0.153. The van der Waals surface area contributed by atoms with Crippen molar-refractivity contribution in [3.05, 3.63) is 56.7 Å². The second-order valence-corrected chi connectivity index (χ2v) is 6.72. The van der Waals surface area contributed by atoms with E-state index in [1.54, 1.807) is 6.92 Å². The predicted molar refractivity (Wildman–Crippen MR) is 104 cm³/mol. The zero-order valence-electron chi connectivity index (χ0n) is 16.2. The maximum Gasteiger partial charge on any atom is 0.417 e. The number of rotatable bonds is 7. The number of amides is 2. The van der Waals surface area contributed by atoms with Crippen LogP contribution in [0.2, 0.25) is 5.02 Å². The second-order valence-electron chi connectivity index (χ2n) is 6.31. The Morgan fingerprint density at radius 3 is 2.58 bits per heavy atom. The summed E-state index contributed by atoms with van der Waals surface area (Å²) in [5.74, 6) is -2.24. The van der Waals surface area contributed by atoms with Gasteiger partial charge < -0.3 is 25.1 Å². The number of hydrogen-bond donors (Lipinski definition) is 1. The minimum Gasteiger partial charge on any atom is -0.476 e. The van der Waals surface area contributed by atoms with Gasteiger partial charge >= 0.3 is 12.0 Å². The van der Waals surface area contributed by atoms with E-state index in [2.05, 4.69) is 10.3 Å². The third kappa shape index (κ3) is 6.54. The first-order valence-corrected chi connectivity index (χ1v) is 8.91. The van der Waals surface area contributed by atoms with Gasteiger partial charge in [0.2, 0.25) is 11.7 Å². The molecule has 0 bridgehead atoms. The lowest BCUT2D eigenvalue weighted by atomic mass is 10.2. The first kappa shape index (κ1) is 23.9. The Labute approximate surface area is 178 Å². The number of ether oxygens (including phenoxy) is 1. The molecule has 0 saturated heterocycles. The number of likely N-dealkylation sites (N-methyl/N-ethyl adjacent to an activating group) is 1. The number of hydrogen-bond acceptors (Lipinski definition) is 6. The average Bonchev–Trinajstić information content (AvgIpc) is 2.67. The molecule has 1 aromatic heterocycles. The molecular weight excluding hydrogens is 445 g/mol. The molecule has 1 aromatic carbocycles. The summed E-state index contributed by atoms with van der Waals surface area (Å²) in [4.78, 5) is 39.1. The molecule has 0 unspecified atom stereocenters. The van der Waals surface area contributed by atoms with Gasteiger partial charge in [-0.1, -0.05) is 11.6 Å². The van der Waals surface area contributed by atoms with Crippen LogP contribution in [0.3, 0.4) is 0 Å². The lowest BCUT2D eigenvalue weighted by Crippen LogP contribution is -2.37. The summed E-state index contributed by atoms with van der Waals surface area (Å²) in [6.07, 6.45) is -4.70. The second kappa shape index (κ2) is 9.60. The molecule has 2 aromatic rings. The number of nitrogens with one attached hydrogen (secondary N) is 1. The third-order valence-corrected chi connectivity index (χ3v) is 4.19. The van der Waals surface area contributed by atoms with Crippen LogP contribution in [0.5, 0.6) is 5.75 Å². The fourth-order valence-electron chi connectivity index (χ4n) is 2.35. The number of carbonyl (C=O) groups is 2. The standard InChI is InChI=1S/C18H16ClF3N4O5/c1-10-3-6-14(17(23-10)26(29)30)31-9-16(28)25(2)8-15(27)24-11-4-5-13(19)12(7-11)18(20,21)22/h3-7H,8-9H2,1-2H3,(H,24,27). The van der Waals surface area contributed by atoms with Crippen LogP contribution >= 0.6 is 11.6 Å². The molecule has 1 heterocycles. The van der Waals surface area contributed by atoms with E-state index in [1.807, 2.05) is 0 Å². The minimum atomic E-state index is -4.70. The van der Waals surface area contributed by atoms with Gasteiger partial charge in [-0.25, -0.2) is 0 Å². The predicted octanol–water partition coefficient (Wildman–Crippen LogP) is 3.45. The summed E-state index contributed by atoms with van der Waals surface area (Å²) in [6.45, 7) is 0.432. The van der Waals surface area contributed by atoms with Crippen LogP contribution in [0.1, 0.15) is 11.3 Å². The molecule has 166 valence electrons. The zero-order valence-corrected chi connectivity index (χ0v) is 17.0. The van der Waals surface area contributed by atoms with Crippen LogP contribution in [0, 0.1) is 17.0 Å². The van der Waals surface area contributed by atoms with Crippen LogP contribution in [-0.4, -0.2) is 46.8 Å². The Bertz CT molecular complexity index is 1020. The van der Waals surface area contributed by atoms with Crippen LogP contribution < -0.4 is 10.1 Å². The van der Waals surface area contributed by atoms with Gasteiger partial charge in [-0.3, -0.25) is 9.59 Å². The summed E-state index contributed by atoms with van der Waals surface area (Å²) in [6, 6.07) is 5.61. The van der Waals surface area contributed by atoms with Crippen molar-refractivity contribution < 1.29 is 32.4 Å². The number of alkyl halides is 3. The SMILES string of the molecule is Cc1ccc(OCC(=O)N(C)CC(=O)Nc2ccc(Cl)c(C(F)(F)F)c2)c([N+](=O)[O-])n1. The topological polar surface area (TPSA) is 115 Å². The Hall–Kier alpha value is -3.41. The molecule has 0 saturated carbocycles. The monoisotopic (exact) mass is 460 g/mol. The molecule has 2 rings (SSSR count). The maximum absolute atomic E-state index is 12.9. The van der Waals surface area contributed by atoms with Gasteiger partial charge in [-0.2, -0.15) is 13.2 Å². The molecule has 13 heteroatoms. The van der Waals surface area contributed by atoms with Crippen molar-refractivity contribution in [2.45, 2.75) is 13.1 Å². The lowest BCUT2D eigenvalue weighted by molar-refractivity contribution is -0.390. The van der Waals surface area contributed by atoms with Gasteiger partial charge in [0.15, 0.2) is 6.61 Å². The number of pyridine rings is 1. The summed E-state index contributed by atoms with van der Waals surface area (Å²) in [5, 5.41) is 12.7. The van der Waals surface area contributed by atoms with Gasteiger partial charge in [-0.15, -0.1) is 0 Å². The van der Waals surface area contributed by atoms with E-state index >= 15 is 0 Å². The van der Waals surface area contributed by atoms with Crippen molar-refractivity contribution in [2.24, 2.45) is 0 Å². The van der Waals surface area contributed by atoms with E-state index in [-0.39, 0.29) is 11.4 Å². The van der Waals surface area contributed by atoms with Crippen LogP contribution in [-0.2, 0) is 15.8 Å². The van der Waals surface area contributed by atoms with Crippen molar-refractivity contribution in [3.63, 3.8) is 0 Å². The molecule has 0 fully saturated rings. The van der Waals surface area contributed by atoms with E-state index in [1.165, 1.54) is 25.2 Å². The molecule has 0 spiro atoms. The average molecular weight is 461 g/mol. The molecule has 1 N–H and O–H groups in total.